The van der Waals surface area contributed by atoms with Gasteiger partial charge in [0.25, 0.3) is 0 Å². The van der Waals surface area contributed by atoms with Gasteiger partial charge in [0, 0.05) is 0 Å². The SMILES string of the molecule is CCC.[CH3][Sn]([CH3])([CH3])[c]1ccc2nc(N3CCC(B(C#N)C4CCC4)C3)ccc2n1. The fraction of sp³-hybridized carbons (Fsp3) is 0.609. The van der Waals surface area contributed by atoms with Crippen molar-refractivity contribution >= 4 is 45.7 Å². The molecule has 4 rings (SSSR count). The summed E-state index contributed by atoms with van der Waals surface area (Å²) in [4.78, 5) is 19.3. The van der Waals surface area contributed by atoms with E-state index in [1.165, 1.54) is 29.4 Å². The van der Waals surface area contributed by atoms with Crippen molar-refractivity contribution < 1.29 is 0 Å². The number of fused-ring (bicyclic) bond motifs is 1. The number of aromatic nitrogens is 2. The fourth-order valence-electron chi connectivity index (χ4n) is 4.28. The van der Waals surface area contributed by atoms with Crippen LogP contribution in [0.4, 0.5) is 5.82 Å². The summed E-state index contributed by atoms with van der Waals surface area (Å²) in [7, 11) is 0. The minimum absolute atomic E-state index is 0.234. The van der Waals surface area contributed by atoms with Gasteiger partial charge in [-0.1, -0.05) is 26.7 Å². The predicted octanol–water partition coefficient (Wildman–Crippen LogP) is 5.28. The molecule has 154 valence electrons. The van der Waals surface area contributed by atoms with Gasteiger partial charge in [-0.25, -0.2) is 0 Å². The van der Waals surface area contributed by atoms with Gasteiger partial charge >= 0.3 is 155 Å². The van der Waals surface area contributed by atoms with Crippen LogP contribution in [-0.4, -0.2) is 48.1 Å². The van der Waals surface area contributed by atoms with Crippen LogP contribution in [0.1, 0.15) is 46.0 Å². The first-order valence-corrected chi connectivity index (χ1v) is 21.3. The van der Waals surface area contributed by atoms with Crippen LogP contribution in [0.25, 0.3) is 11.0 Å². The van der Waals surface area contributed by atoms with Crippen molar-refractivity contribution in [1.82, 2.24) is 9.97 Å². The topological polar surface area (TPSA) is 52.8 Å². The van der Waals surface area contributed by atoms with E-state index in [1.54, 1.807) is 0 Å². The molecular weight excluding hydrogens is 462 g/mol. The zero-order chi connectivity index (χ0) is 21.0. The molecule has 1 saturated carbocycles. The van der Waals surface area contributed by atoms with Crippen LogP contribution in [0, 0.1) is 11.2 Å². The Morgan fingerprint density at radius 1 is 1.03 bits per heavy atom. The average Bonchev–Trinajstić information content (AvgIpc) is 3.13. The molecule has 0 radical (unpaired) electrons. The van der Waals surface area contributed by atoms with Gasteiger partial charge in [-0.3, -0.25) is 0 Å². The van der Waals surface area contributed by atoms with Crippen LogP contribution in [-0.2, 0) is 0 Å². The monoisotopic (exact) mass is 498 g/mol. The van der Waals surface area contributed by atoms with Gasteiger partial charge in [0.2, 0.25) is 0 Å². The van der Waals surface area contributed by atoms with Gasteiger partial charge in [-0.05, 0) is 0 Å². The van der Waals surface area contributed by atoms with Crippen molar-refractivity contribution in [3.63, 3.8) is 0 Å². The Morgan fingerprint density at radius 3 is 2.28 bits per heavy atom. The summed E-state index contributed by atoms with van der Waals surface area (Å²) >= 11 is -2.15. The van der Waals surface area contributed by atoms with E-state index < -0.39 is 18.4 Å². The molecule has 1 atom stereocenters. The summed E-state index contributed by atoms with van der Waals surface area (Å²) in [6, 6.07) is 8.57. The molecule has 0 spiro atoms. The Balaban J connectivity index is 0.000000755. The van der Waals surface area contributed by atoms with Gasteiger partial charge in [0.15, 0.2) is 0 Å². The zero-order valence-corrected chi connectivity index (χ0v) is 21.6. The van der Waals surface area contributed by atoms with Crippen molar-refractivity contribution in [3.8, 4) is 5.97 Å². The number of anilines is 1. The van der Waals surface area contributed by atoms with E-state index in [0.717, 1.165) is 36.4 Å². The van der Waals surface area contributed by atoms with Crippen molar-refractivity contribution in [1.29, 1.82) is 5.26 Å². The van der Waals surface area contributed by atoms with E-state index in [1.807, 2.05) is 0 Å². The molecule has 6 heteroatoms. The molecule has 2 aromatic heterocycles. The summed E-state index contributed by atoms with van der Waals surface area (Å²) in [6.07, 6.45) is 6.16. The Bertz CT molecular complexity index is 869. The molecule has 0 amide bonds. The first-order chi connectivity index (χ1) is 13.9. The quantitative estimate of drug-likeness (QED) is 0.540. The third kappa shape index (κ3) is 5.26. The number of pyridine rings is 2. The molecular formula is C23H35BN4Sn. The molecule has 0 bridgehead atoms. The standard InChI is InChI=1S/C17H18BN4.C3H8.3CH3.Sn/c19-12-18(13-3-1-4-13)14-8-10-22(11-14)17-7-6-15-16(21-17)5-2-9-20-15;1-3-2;;;;/h2,5-7,13-14H,1,3-4,8,10-11H2;3H2,1-2H3;3*1H3;. The Morgan fingerprint density at radius 2 is 1.69 bits per heavy atom. The summed E-state index contributed by atoms with van der Waals surface area (Å²) in [5.74, 6) is 4.80. The molecule has 29 heavy (non-hydrogen) atoms. The van der Waals surface area contributed by atoms with Crippen molar-refractivity contribution in [2.75, 3.05) is 18.0 Å². The number of hydrogen-bond acceptors (Lipinski definition) is 4. The van der Waals surface area contributed by atoms with Crippen molar-refractivity contribution in [2.45, 2.75) is 72.4 Å². The first-order valence-electron chi connectivity index (χ1n) is 11.3. The zero-order valence-electron chi connectivity index (χ0n) is 18.8. The van der Waals surface area contributed by atoms with Crippen LogP contribution in [0.15, 0.2) is 24.3 Å². The van der Waals surface area contributed by atoms with Gasteiger partial charge in [-0.15, -0.1) is 0 Å². The van der Waals surface area contributed by atoms with E-state index >= 15 is 0 Å². The maximum atomic E-state index is 9.62. The maximum absolute atomic E-state index is 9.62. The minimum atomic E-state index is -2.15. The molecule has 1 unspecified atom stereocenters. The van der Waals surface area contributed by atoms with Crippen LogP contribution in [0.3, 0.4) is 0 Å². The third-order valence-corrected chi connectivity index (χ3v) is 11.3. The Kier molecular flexibility index (Phi) is 7.48. The molecule has 1 saturated heterocycles. The normalized spacial score (nSPS) is 19.3. The van der Waals surface area contributed by atoms with Gasteiger partial charge in [0.1, 0.15) is 0 Å². The van der Waals surface area contributed by atoms with E-state index in [0.29, 0.717) is 11.6 Å². The molecule has 0 aromatic carbocycles. The Labute approximate surface area is 181 Å². The second-order valence-corrected chi connectivity index (χ2v) is 24.0. The molecule has 3 heterocycles. The molecule has 2 aliphatic rings. The van der Waals surface area contributed by atoms with Crippen LogP contribution in [0.2, 0.25) is 26.5 Å². The number of nitriles is 1. The summed E-state index contributed by atoms with van der Waals surface area (Å²) in [5.41, 5.74) is 2.00. The first kappa shape index (κ1) is 22.4. The summed E-state index contributed by atoms with van der Waals surface area (Å²) < 4.78 is 1.31. The molecule has 1 aliphatic heterocycles. The van der Waals surface area contributed by atoms with Crippen LogP contribution >= 0.6 is 0 Å². The van der Waals surface area contributed by atoms with Gasteiger partial charge in [0.05, 0.1) is 0 Å². The van der Waals surface area contributed by atoms with Crippen molar-refractivity contribution in [3.05, 3.63) is 24.3 Å². The molecule has 2 aromatic rings. The second-order valence-electron chi connectivity index (χ2n) is 9.70. The molecule has 1 aliphatic carbocycles. The van der Waals surface area contributed by atoms with Crippen LogP contribution in [0.5, 0.6) is 0 Å². The summed E-state index contributed by atoms with van der Waals surface area (Å²) in [6.45, 7) is 6.47. The van der Waals surface area contributed by atoms with Gasteiger partial charge < -0.3 is 0 Å². The number of rotatable bonds is 4. The summed E-state index contributed by atoms with van der Waals surface area (Å²) in [5, 5.41) is 9.62. The molecule has 0 N–H and O–H groups in total. The predicted molar refractivity (Wildman–Crippen MR) is 128 cm³/mol. The average molecular weight is 497 g/mol. The molecule has 2 fully saturated rings. The second kappa shape index (κ2) is 9.68. The third-order valence-electron chi connectivity index (χ3n) is 6.16. The van der Waals surface area contributed by atoms with E-state index in [4.69, 9.17) is 9.97 Å². The number of hydrogen-bond donors (Lipinski definition) is 0. The van der Waals surface area contributed by atoms with Gasteiger partial charge in [-0.2, -0.15) is 0 Å². The van der Waals surface area contributed by atoms with Crippen LogP contribution < -0.4 is 8.61 Å². The van der Waals surface area contributed by atoms with E-state index in [-0.39, 0.29) is 6.71 Å². The Hall–Kier alpha value is -1.29. The number of nitrogens with zero attached hydrogens (tertiary/aromatic N) is 4. The molecule has 4 nitrogen and oxygen atoms in total. The van der Waals surface area contributed by atoms with E-state index in [9.17, 15) is 5.26 Å². The van der Waals surface area contributed by atoms with Crippen molar-refractivity contribution in [2.24, 2.45) is 0 Å². The fourth-order valence-corrected chi connectivity index (χ4v) is 7.24. The van der Waals surface area contributed by atoms with E-state index in [2.05, 4.69) is 63.8 Å².